The standard InChI is InChI=1S/C16H26N2O/c1-11(2)12-6-7-17-15(8-12)19-14-9-13(10-14)18-16(3,4)5/h6-8,11,13-14,18H,9-10H2,1-5H3/t13-,14-. The van der Waals surface area contributed by atoms with Crippen molar-refractivity contribution in [1.29, 1.82) is 0 Å². The van der Waals surface area contributed by atoms with Gasteiger partial charge in [0.15, 0.2) is 0 Å². The fourth-order valence-electron chi connectivity index (χ4n) is 2.41. The molecule has 0 saturated heterocycles. The smallest absolute Gasteiger partial charge is 0.213 e. The van der Waals surface area contributed by atoms with Gasteiger partial charge in [-0.05, 0) is 51.2 Å². The summed E-state index contributed by atoms with van der Waals surface area (Å²) in [5.74, 6) is 1.28. The zero-order valence-corrected chi connectivity index (χ0v) is 12.7. The Kier molecular flexibility index (Phi) is 4.14. The van der Waals surface area contributed by atoms with Crippen molar-refractivity contribution in [3.63, 3.8) is 0 Å². The lowest BCUT2D eigenvalue weighted by atomic mass is 9.87. The van der Waals surface area contributed by atoms with Gasteiger partial charge in [-0.2, -0.15) is 0 Å². The molecule has 0 radical (unpaired) electrons. The molecule has 0 bridgehead atoms. The van der Waals surface area contributed by atoms with Gasteiger partial charge in [-0.15, -0.1) is 0 Å². The van der Waals surface area contributed by atoms with Gasteiger partial charge in [-0.3, -0.25) is 0 Å². The van der Waals surface area contributed by atoms with Gasteiger partial charge in [0, 0.05) is 23.8 Å². The van der Waals surface area contributed by atoms with Gasteiger partial charge in [0.1, 0.15) is 6.10 Å². The molecule has 1 N–H and O–H groups in total. The second kappa shape index (κ2) is 5.49. The third-order valence-corrected chi connectivity index (χ3v) is 3.44. The van der Waals surface area contributed by atoms with Crippen molar-refractivity contribution in [1.82, 2.24) is 10.3 Å². The monoisotopic (exact) mass is 262 g/mol. The SMILES string of the molecule is CC(C)c1ccnc(O[C@H]2C[C@H](NC(C)(C)C)C2)c1. The number of hydrogen-bond acceptors (Lipinski definition) is 3. The fraction of sp³-hybridized carbons (Fsp3) is 0.688. The molecule has 1 saturated carbocycles. The summed E-state index contributed by atoms with van der Waals surface area (Å²) in [4.78, 5) is 4.30. The third-order valence-electron chi connectivity index (χ3n) is 3.44. The van der Waals surface area contributed by atoms with Crippen molar-refractivity contribution in [3.8, 4) is 5.88 Å². The molecule has 0 spiro atoms. The quantitative estimate of drug-likeness (QED) is 0.901. The minimum atomic E-state index is 0.186. The van der Waals surface area contributed by atoms with Crippen molar-refractivity contribution in [2.24, 2.45) is 0 Å². The molecule has 0 atom stereocenters. The van der Waals surface area contributed by atoms with Crippen LogP contribution in [0.4, 0.5) is 0 Å². The van der Waals surface area contributed by atoms with Crippen LogP contribution in [0.1, 0.15) is 58.9 Å². The molecular formula is C16H26N2O. The number of hydrogen-bond donors (Lipinski definition) is 1. The van der Waals surface area contributed by atoms with Gasteiger partial charge >= 0.3 is 0 Å². The number of nitrogens with zero attached hydrogens (tertiary/aromatic N) is 1. The minimum Gasteiger partial charge on any atom is -0.474 e. The second-order valence-corrected chi connectivity index (χ2v) is 6.88. The predicted octanol–water partition coefficient (Wildman–Crippen LogP) is 3.50. The maximum atomic E-state index is 5.93. The molecule has 106 valence electrons. The summed E-state index contributed by atoms with van der Waals surface area (Å²) in [7, 11) is 0. The first kappa shape index (κ1) is 14.3. The Morgan fingerprint density at radius 2 is 2.00 bits per heavy atom. The first-order valence-electron chi connectivity index (χ1n) is 7.24. The first-order chi connectivity index (χ1) is 8.83. The van der Waals surface area contributed by atoms with Gasteiger partial charge in [-0.25, -0.2) is 4.98 Å². The van der Waals surface area contributed by atoms with E-state index in [9.17, 15) is 0 Å². The predicted molar refractivity (Wildman–Crippen MR) is 78.7 cm³/mol. The number of pyridine rings is 1. The Bertz CT molecular complexity index is 417. The molecule has 1 heterocycles. The molecule has 1 aromatic heterocycles. The number of rotatable bonds is 4. The summed E-state index contributed by atoms with van der Waals surface area (Å²) in [5.41, 5.74) is 1.47. The lowest BCUT2D eigenvalue weighted by molar-refractivity contribution is 0.0693. The highest BCUT2D eigenvalue weighted by molar-refractivity contribution is 5.23. The highest BCUT2D eigenvalue weighted by atomic mass is 16.5. The topological polar surface area (TPSA) is 34.1 Å². The molecule has 3 heteroatoms. The van der Waals surface area contributed by atoms with Crippen LogP contribution in [0.15, 0.2) is 18.3 Å². The molecule has 1 aromatic rings. The number of ether oxygens (including phenoxy) is 1. The van der Waals surface area contributed by atoms with E-state index in [1.807, 2.05) is 6.20 Å². The molecule has 0 aliphatic heterocycles. The van der Waals surface area contributed by atoms with Crippen molar-refractivity contribution in [3.05, 3.63) is 23.9 Å². The first-order valence-corrected chi connectivity index (χ1v) is 7.24. The van der Waals surface area contributed by atoms with E-state index >= 15 is 0 Å². The van der Waals surface area contributed by atoms with Crippen LogP contribution in [0.5, 0.6) is 5.88 Å². The van der Waals surface area contributed by atoms with Crippen LogP contribution in [0.3, 0.4) is 0 Å². The van der Waals surface area contributed by atoms with Gasteiger partial charge in [0.25, 0.3) is 0 Å². The van der Waals surface area contributed by atoms with Gasteiger partial charge in [0.2, 0.25) is 5.88 Å². The maximum Gasteiger partial charge on any atom is 0.213 e. The Balaban J connectivity index is 1.83. The minimum absolute atomic E-state index is 0.186. The molecule has 0 amide bonds. The van der Waals surface area contributed by atoms with Crippen LogP contribution >= 0.6 is 0 Å². The number of aromatic nitrogens is 1. The van der Waals surface area contributed by atoms with Crippen LogP contribution in [-0.2, 0) is 0 Å². The van der Waals surface area contributed by atoms with E-state index < -0.39 is 0 Å². The highest BCUT2D eigenvalue weighted by Crippen LogP contribution is 2.27. The highest BCUT2D eigenvalue weighted by Gasteiger charge is 2.33. The molecule has 0 unspecified atom stereocenters. The van der Waals surface area contributed by atoms with E-state index in [0.29, 0.717) is 18.1 Å². The van der Waals surface area contributed by atoms with E-state index in [1.54, 1.807) is 0 Å². The average Bonchev–Trinajstić information content (AvgIpc) is 2.25. The third kappa shape index (κ3) is 4.20. The summed E-state index contributed by atoms with van der Waals surface area (Å²) >= 11 is 0. The molecule has 1 fully saturated rings. The van der Waals surface area contributed by atoms with E-state index in [1.165, 1.54) is 5.56 Å². The molecule has 0 aromatic carbocycles. The largest absolute Gasteiger partial charge is 0.474 e. The normalized spacial score (nSPS) is 23.3. The Hall–Kier alpha value is -1.09. The Morgan fingerprint density at radius 1 is 1.32 bits per heavy atom. The van der Waals surface area contributed by atoms with Crippen molar-refractivity contribution >= 4 is 0 Å². The Morgan fingerprint density at radius 3 is 2.58 bits per heavy atom. The van der Waals surface area contributed by atoms with E-state index in [4.69, 9.17) is 4.74 Å². The van der Waals surface area contributed by atoms with Crippen molar-refractivity contribution < 1.29 is 4.74 Å². The zero-order valence-electron chi connectivity index (χ0n) is 12.7. The van der Waals surface area contributed by atoms with Crippen molar-refractivity contribution in [2.45, 2.75) is 71.1 Å². The van der Waals surface area contributed by atoms with Crippen molar-refractivity contribution in [2.75, 3.05) is 0 Å². The molecule has 19 heavy (non-hydrogen) atoms. The van der Waals surface area contributed by atoms with Gasteiger partial charge < -0.3 is 10.1 Å². The lowest BCUT2D eigenvalue weighted by Crippen LogP contribution is -2.53. The maximum absolute atomic E-state index is 5.93. The van der Waals surface area contributed by atoms with E-state index in [2.05, 4.69) is 57.1 Å². The molecule has 3 nitrogen and oxygen atoms in total. The van der Waals surface area contributed by atoms with E-state index in [0.717, 1.165) is 18.7 Å². The molecule has 1 aliphatic carbocycles. The summed E-state index contributed by atoms with van der Waals surface area (Å²) in [5, 5.41) is 3.60. The molecule has 2 rings (SSSR count). The number of nitrogens with one attached hydrogen (secondary N) is 1. The fourth-order valence-corrected chi connectivity index (χ4v) is 2.41. The average molecular weight is 262 g/mol. The lowest BCUT2D eigenvalue weighted by Gasteiger charge is -2.39. The summed E-state index contributed by atoms with van der Waals surface area (Å²) in [6, 6.07) is 4.70. The summed E-state index contributed by atoms with van der Waals surface area (Å²) in [6.45, 7) is 11.0. The summed E-state index contributed by atoms with van der Waals surface area (Å²) < 4.78 is 5.93. The van der Waals surface area contributed by atoms with Crippen LogP contribution in [0, 0.1) is 0 Å². The Labute approximate surface area is 116 Å². The van der Waals surface area contributed by atoms with E-state index in [-0.39, 0.29) is 5.54 Å². The van der Waals surface area contributed by atoms with Crippen LogP contribution in [0.2, 0.25) is 0 Å². The van der Waals surface area contributed by atoms with Gasteiger partial charge in [-0.1, -0.05) is 13.8 Å². The van der Waals surface area contributed by atoms with Crippen LogP contribution in [-0.4, -0.2) is 22.7 Å². The van der Waals surface area contributed by atoms with Crippen LogP contribution < -0.4 is 10.1 Å². The van der Waals surface area contributed by atoms with Gasteiger partial charge in [0.05, 0.1) is 0 Å². The summed E-state index contributed by atoms with van der Waals surface area (Å²) in [6.07, 6.45) is 4.30. The zero-order chi connectivity index (χ0) is 14.0. The molecular weight excluding hydrogens is 236 g/mol. The second-order valence-electron chi connectivity index (χ2n) is 6.88. The molecule has 1 aliphatic rings. The van der Waals surface area contributed by atoms with Crippen LogP contribution in [0.25, 0.3) is 0 Å².